The van der Waals surface area contributed by atoms with Crippen LogP contribution in [0.2, 0.25) is 4.34 Å². The Balaban J connectivity index is 1.31. The van der Waals surface area contributed by atoms with Crippen molar-refractivity contribution >= 4 is 51.8 Å². The molecule has 1 N–H and O–H groups in total. The van der Waals surface area contributed by atoms with E-state index in [4.69, 9.17) is 16.3 Å². The highest BCUT2D eigenvalue weighted by molar-refractivity contribution is 7.20. The van der Waals surface area contributed by atoms with Gasteiger partial charge in [-0.3, -0.25) is 10.1 Å². The summed E-state index contributed by atoms with van der Waals surface area (Å²) < 4.78 is 6.11. The molecule has 0 spiro atoms. The Morgan fingerprint density at radius 1 is 1.00 bits per heavy atom. The molecule has 0 radical (unpaired) electrons. The van der Waals surface area contributed by atoms with E-state index < -0.39 is 6.09 Å². The molecule has 1 aliphatic carbocycles. The van der Waals surface area contributed by atoms with Gasteiger partial charge < -0.3 is 4.74 Å². The van der Waals surface area contributed by atoms with Crippen LogP contribution in [0.3, 0.4) is 0 Å². The van der Waals surface area contributed by atoms with Crippen molar-refractivity contribution in [2.75, 3.05) is 5.32 Å². The average molecular weight is 522 g/mol. The standard InChI is InChI=1S/C28H24ClNO3S2/c1-17(24-4-3-15-34-24)33-27(32)30-23-16-25(29)35-26(23)21-7-5-19(6-8-21)20-9-11-22(12-10-20)28(13-14-28)18(2)31/h3-12,15-17H,13-14H2,1-2H3,(H,30,32)/t17-/m1/s1. The van der Waals surface area contributed by atoms with Crippen LogP contribution in [0.25, 0.3) is 21.6 Å². The highest BCUT2D eigenvalue weighted by Gasteiger charge is 2.48. The highest BCUT2D eigenvalue weighted by atomic mass is 35.5. The van der Waals surface area contributed by atoms with Gasteiger partial charge in [-0.05, 0) is 66.5 Å². The molecular weight excluding hydrogens is 498 g/mol. The second kappa shape index (κ2) is 9.61. The number of hydrogen-bond donors (Lipinski definition) is 1. The Kier molecular flexibility index (Phi) is 6.53. The maximum Gasteiger partial charge on any atom is 0.412 e. The van der Waals surface area contributed by atoms with E-state index >= 15 is 0 Å². The lowest BCUT2D eigenvalue weighted by Crippen LogP contribution is -2.16. The van der Waals surface area contributed by atoms with Crippen LogP contribution in [0.15, 0.2) is 72.1 Å². The second-order valence-electron chi connectivity index (χ2n) is 8.77. The van der Waals surface area contributed by atoms with Gasteiger partial charge in [0.05, 0.1) is 20.3 Å². The van der Waals surface area contributed by atoms with E-state index in [1.54, 1.807) is 24.3 Å². The lowest BCUT2D eigenvalue weighted by Gasteiger charge is -2.13. The zero-order valence-electron chi connectivity index (χ0n) is 19.3. The van der Waals surface area contributed by atoms with Gasteiger partial charge in [0, 0.05) is 4.88 Å². The molecule has 1 amide bonds. The number of halogens is 1. The topological polar surface area (TPSA) is 55.4 Å². The van der Waals surface area contributed by atoms with Gasteiger partial charge in [0.25, 0.3) is 0 Å². The number of carbonyl (C=O) groups excluding carboxylic acids is 2. The number of ether oxygens (including phenoxy) is 1. The van der Waals surface area contributed by atoms with Crippen LogP contribution >= 0.6 is 34.3 Å². The number of carbonyl (C=O) groups is 2. The van der Waals surface area contributed by atoms with Gasteiger partial charge in [-0.2, -0.15) is 0 Å². The van der Waals surface area contributed by atoms with E-state index in [9.17, 15) is 9.59 Å². The minimum atomic E-state index is -0.516. The van der Waals surface area contributed by atoms with Gasteiger partial charge in [0.15, 0.2) is 0 Å². The van der Waals surface area contributed by atoms with Gasteiger partial charge in [-0.25, -0.2) is 4.79 Å². The number of nitrogens with one attached hydrogen (secondary N) is 1. The molecule has 5 rings (SSSR count). The maximum absolute atomic E-state index is 12.5. The van der Waals surface area contributed by atoms with E-state index in [0.717, 1.165) is 44.8 Å². The smallest absolute Gasteiger partial charge is 0.412 e. The van der Waals surface area contributed by atoms with E-state index in [2.05, 4.69) is 41.7 Å². The number of ketones is 1. The number of Topliss-reactive ketones (excluding diaryl/α,β-unsaturated/α-hetero) is 1. The molecule has 4 nitrogen and oxygen atoms in total. The third-order valence-corrected chi connectivity index (χ3v) is 8.85. The fraction of sp³-hybridized carbons (Fsp3) is 0.214. The third-order valence-electron chi connectivity index (χ3n) is 6.51. The molecule has 1 aliphatic rings. The SMILES string of the molecule is CC(=O)C1(c2ccc(-c3ccc(-c4sc(Cl)cc4NC(=O)O[C@H](C)c4cccs4)cc3)cc2)CC1. The predicted octanol–water partition coefficient (Wildman–Crippen LogP) is 8.73. The highest BCUT2D eigenvalue weighted by Crippen LogP contribution is 2.49. The van der Waals surface area contributed by atoms with Crippen molar-refractivity contribution in [3.05, 3.63) is 86.9 Å². The molecular formula is C28H24ClNO3S2. The van der Waals surface area contributed by atoms with Crippen molar-refractivity contribution < 1.29 is 14.3 Å². The quantitative estimate of drug-likeness (QED) is 0.264. The Labute approximate surface area is 217 Å². The Morgan fingerprint density at radius 3 is 2.20 bits per heavy atom. The van der Waals surface area contributed by atoms with Gasteiger partial charge in [0.1, 0.15) is 11.9 Å². The first-order chi connectivity index (χ1) is 16.9. The summed E-state index contributed by atoms with van der Waals surface area (Å²) in [5, 5.41) is 4.80. The van der Waals surface area contributed by atoms with Crippen LogP contribution in [0.1, 0.15) is 43.2 Å². The molecule has 4 aromatic rings. The molecule has 2 heterocycles. The largest absolute Gasteiger partial charge is 0.441 e. The summed E-state index contributed by atoms with van der Waals surface area (Å²) in [6.45, 7) is 3.53. The number of anilines is 1. The van der Waals surface area contributed by atoms with Crippen molar-refractivity contribution in [2.24, 2.45) is 0 Å². The minimum Gasteiger partial charge on any atom is -0.441 e. The van der Waals surface area contributed by atoms with Crippen molar-refractivity contribution in [2.45, 2.75) is 38.2 Å². The Morgan fingerprint density at radius 2 is 1.63 bits per heavy atom. The van der Waals surface area contributed by atoms with Crippen LogP contribution in [0.5, 0.6) is 0 Å². The van der Waals surface area contributed by atoms with Gasteiger partial charge in [-0.15, -0.1) is 22.7 Å². The van der Waals surface area contributed by atoms with Crippen LogP contribution in [0.4, 0.5) is 10.5 Å². The molecule has 0 saturated heterocycles. The normalized spacial score (nSPS) is 14.8. The van der Waals surface area contributed by atoms with Gasteiger partial charge >= 0.3 is 6.09 Å². The molecule has 0 aliphatic heterocycles. The number of thiophene rings is 2. The number of benzene rings is 2. The summed E-state index contributed by atoms with van der Waals surface area (Å²) >= 11 is 9.25. The number of amides is 1. The summed E-state index contributed by atoms with van der Waals surface area (Å²) in [6, 6.07) is 22.1. The molecule has 1 saturated carbocycles. The van der Waals surface area contributed by atoms with E-state index in [1.165, 1.54) is 11.3 Å². The molecule has 35 heavy (non-hydrogen) atoms. The third kappa shape index (κ3) is 4.92. The van der Waals surface area contributed by atoms with Gasteiger partial charge in [-0.1, -0.05) is 66.2 Å². The van der Waals surface area contributed by atoms with Gasteiger partial charge in [0.2, 0.25) is 0 Å². The molecule has 2 aromatic carbocycles. The van der Waals surface area contributed by atoms with Crippen molar-refractivity contribution in [3.8, 4) is 21.6 Å². The first kappa shape index (κ1) is 23.8. The molecule has 2 aromatic heterocycles. The summed E-state index contributed by atoms with van der Waals surface area (Å²) in [5.41, 5.74) is 4.60. The van der Waals surface area contributed by atoms with Crippen molar-refractivity contribution in [1.82, 2.24) is 0 Å². The summed E-state index contributed by atoms with van der Waals surface area (Å²) in [4.78, 5) is 26.4. The molecule has 0 bridgehead atoms. The molecule has 178 valence electrons. The zero-order chi connectivity index (χ0) is 24.6. The maximum atomic E-state index is 12.5. The lowest BCUT2D eigenvalue weighted by atomic mass is 9.90. The van der Waals surface area contributed by atoms with Crippen molar-refractivity contribution in [3.63, 3.8) is 0 Å². The Hall–Kier alpha value is -2.93. The van der Waals surface area contributed by atoms with Crippen molar-refractivity contribution in [1.29, 1.82) is 0 Å². The van der Waals surface area contributed by atoms with Crippen LogP contribution in [-0.4, -0.2) is 11.9 Å². The van der Waals surface area contributed by atoms with Crippen LogP contribution < -0.4 is 5.32 Å². The summed E-state index contributed by atoms with van der Waals surface area (Å²) in [7, 11) is 0. The molecule has 0 unspecified atom stereocenters. The fourth-order valence-electron chi connectivity index (χ4n) is 4.31. The summed E-state index contributed by atoms with van der Waals surface area (Å²) in [6.07, 6.45) is 1.04. The first-order valence-corrected chi connectivity index (χ1v) is 13.5. The molecule has 7 heteroatoms. The number of hydrogen-bond acceptors (Lipinski definition) is 5. The van der Waals surface area contributed by atoms with E-state index in [1.807, 2.05) is 36.6 Å². The number of rotatable bonds is 7. The predicted molar refractivity (Wildman–Crippen MR) is 145 cm³/mol. The Bertz CT molecular complexity index is 1350. The van der Waals surface area contributed by atoms with E-state index in [-0.39, 0.29) is 17.3 Å². The molecule has 1 fully saturated rings. The lowest BCUT2D eigenvalue weighted by molar-refractivity contribution is -0.119. The average Bonchev–Trinajstić information content (AvgIpc) is 3.32. The van der Waals surface area contributed by atoms with E-state index in [0.29, 0.717) is 10.0 Å². The monoisotopic (exact) mass is 521 g/mol. The fourth-order valence-corrected chi connectivity index (χ4v) is 6.21. The van der Waals surface area contributed by atoms with Crippen LogP contribution in [0, 0.1) is 0 Å². The zero-order valence-corrected chi connectivity index (χ0v) is 21.7. The minimum absolute atomic E-state index is 0.249. The first-order valence-electron chi connectivity index (χ1n) is 11.4. The molecule has 1 atom stereocenters. The van der Waals surface area contributed by atoms with Crippen LogP contribution in [-0.2, 0) is 14.9 Å². The second-order valence-corrected chi connectivity index (χ2v) is 11.4. The summed E-state index contributed by atoms with van der Waals surface area (Å²) in [5.74, 6) is 0.249.